The van der Waals surface area contributed by atoms with Gasteiger partial charge in [-0.05, 0) is 24.3 Å². The molecule has 0 aliphatic heterocycles. The second kappa shape index (κ2) is 7.03. The van der Waals surface area contributed by atoms with Crippen molar-refractivity contribution in [2.45, 2.75) is 0 Å². The van der Waals surface area contributed by atoms with Crippen LogP contribution in [-0.4, -0.2) is 29.3 Å². The summed E-state index contributed by atoms with van der Waals surface area (Å²) in [5.74, 6) is -0.0545. The van der Waals surface area contributed by atoms with Gasteiger partial charge >= 0.3 is 0 Å². The Hall–Kier alpha value is -3.42. The number of hydrogen-bond donors (Lipinski definition) is 2. The molecule has 0 bridgehead atoms. The molecule has 0 saturated carbocycles. The summed E-state index contributed by atoms with van der Waals surface area (Å²) in [5, 5.41) is 23.7. The molecule has 2 aromatic rings. The largest absolute Gasteiger partial charge is 0.508 e. The molecule has 0 aliphatic carbocycles. The van der Waals surface area contributed by atoms with Gasteiger partial charge in [-0.15, -0.1) is 0 Å². The van der Waals surface area contributed by atoms with Crippen LogP contribution in [0.15, 0.2) is 47.6 Å². The van der Waals surface area contributed by atoms with Crippen LogP contribution in [0.1, 0.15) is 15.9 Å². The number of hydrogen-bond acceptors (Lipinski definition) is 6. The predicted molar refractivity (Wildman–Crippen MR) is 82.8 cm³/mol. The van der Waals surface area contributed by atoms with E-state index in [2.05, 4.69) is 10.5 Å². The highest BCUT2D eigenvalue weighted by molar-refractivity contribution is 5.95. The molecular weight excluding hydrogens is 302 g/mol. The summed E-state index contributed by atoms with van der Waals surface area (Å²) >= 11 is 0. The molecule has 8 heteroatoms. The van der Waals surface area contributed by atoms with Gasteiger partial charge in [0, 0.05) is 29.3 Å². The predicted octanol–water partition coefficient (Wildman–Crippen LogP) is 2.07. The Morgan fingerprint density at radius 3 is 2.61 bits per heavy atom. The molecule has 0 heterocycles. The first kappa shape index (κ1) is 16.0. The molecule has 0 fully saturated rings. The van der Waals surface area contributed by atoms with E-state index in [9.17, 15) is 20.0 Å². The molecule has 0 saturated heterocycles. The second-order valence-corrected chi connectivity index (χ2v) is 4.43. The third-order valence-corrected chi connectivity index (χ3v) is 2.93. The standard InChI is InChI=1S/C15H13N3O5/c1-23-14-8-13(19)7-4-11(14)9-16-17-15(20)10-2-5-12(6-3-10)18(21)22/h2-9,19H,1H3,(H,17,20)/b16-9+. The minimum atomic E-state index is -0.545. The summed E-state index contributed by atoms with van der Waals surface area (Å²) in [7, 11) is 1.45. The number of nitrogens with one attached hydrogen (secondary N) is 1. The summed E-state index contributed by atoms with van der Waals surface area (Å²) in [6, 6.07) is 9.61. The normalized spacial score (nSPS) is 10.5. The lowest BCUT2D eigenvalue weighted by molar-refractivity contribution is -0.384. The number of nitro benzene ring substituents is 1. The van der Waals surface area contributed by atoms with Gasteiger partial charge in [0.25, 0.3) is 11.6 Å². The van der Waals surface area contributed by atoms with Gasteiger partial charge < -0.3 is 9.84 Å². The molecule has 0 aliphatic rings. The lowest BCUT2D eigenvalue weighted by Gasteiger charge is -2.04. The number of nitro groups is 1. The van der Waals surface area contributed by atoms with Gasteiger partial charge in [0.1, 0.15) is 11.5 Å². The van der Waals surface area contributed by atoms with Crippen LogP contribution in [0.25, 0.3) is 0 Å². The van der Waals surface area contributed by atoms with Crippen molar-refractivity contribution in [2.24, 2.45) is 5.10 Å². The molecule has 1 amide bonds. The molecule has 23 heavy (non-hydrogen) atoms. The molecule has 0 spiro atoms. The van der Waals surface area contributed by atoms with E-state index in [1.807, 2.05) is 0 Å². The average Bonchev–Trinajstić information content (AvgIpc) is 2.56. The highest BCUT2D eigenvalue weighted by Gasteiger charge is 2.08. The van der Waals surface area contributed by atoms with E-state index in [-0.39, 0.29) is 17.0 Å². The van der Waals surface area contributed by atoms with Gasteiger partial charge in [0.15, 0.2) is 0 Å². The first-order valence-electron chi connectivity index (χ1n) is 6.46. The maximum atomic E-state index is 11.9. The Morgan fingerprint density at radius 2 is 2.00 bits per heavy atom. The molecule has 8 nitrogen and oxygen atoms in total. The number of nitrogens with zero attached hydrogens (tertiary/aromatic N) is 2. The minimum Gasteiger partial charge on any atom is -0.508 e. The van der Waals surface area contributed by atoms with Gasteiger partial charge in [-0.25, -0.2) is 5.43 Å². The zero-order valence-electron chi connectivity index (χ0n) is 12.1. The molecule has 0 radical (unpaired) electrons. The molecule has 0 unspecified atom stereocenters. The van der Waals surface area contributed by atoms with Crippen molar-refractivity contribution in [3.05, 3.63) is 63.7 Å². The van der Waals surface area contributed by atoms with E-state index in [0.717, 1.165) is 0 Å². The zero-order valence-corrected chi connectivity index (χ0v) is 12.1. The van der Waals surface area contributed by atoms with E-state index in [4.69, 9.17) is 4.74 Å². The number of phenolic OH excluding ortho intramolecular Hbond substituents is 1. The lowest BCUT2D eigenvalue weighted by Crippen LogP contribution is -2.17. The van der Waals surface area contributed by atoms with Gasteiger partial charge in [-0.1, -0.05) is 0 Å². The Bertz CT molecular complexity index is 756. The van der Waals surface area contributed by atoms with Gasteiger partial charge in [0.2, 0.25) is 0 Å². The number of aromatic hydroxyl groups is 1. The summed E-state index contributed by atoms with van der Waals surface area (Å²) in [6.45, 7) is 0. The quantitative estimate of drug-likeness (QED) is 0.498. The number of non-ortho nitro benzene ring substituents is 1. The number of amides is 1. The van der Waals surface area contributed by atoms with Crippen molar-refractivity contribution in [3.63, 3.8) is 0 Å². The lowest BCUT2D eigenvalue weighted by atomic mass is 10.2. The molecule has 0 aromatic heterocycles. The van der Waals surface area contributed by atoms with Crippen molar-refractivity contribution in [1.82, 2.24) is 5.43 Å². The number of carbonyl (C=O) groups excluding carboxylic acids is 1. The number of methoxy groups -OCH3 is 1. The summed E-state index contributed by atoms with van der Waals surface area (Å²) in [5.41, 5.74) is 3.01. The number of ether oxygens (including phenoxy) is 1. The fourth-order valence-corrected chi connectivity index (χ4v) is 1.77. The number of carbonyl (C=O) groups is 1. The molecule has 118 valence electrons. The van der Waals surface area contributed by atoms with Crippen LogP contribution >= 0.6 is 0 Å². The average molecular weight is 315 g/mol. The summed E-state index contributed by atoms with van der Waals surface area (Å²) in [6.07, 6.45) is 1.36. The van der Waals surface area contributed by atoms with Crippen LogP contribution in [0.5, 0.6) is 11.5 Å². The van der Waals surface area contributed by atoms with Crippen LogP contribution in [0.2, 0.25) is 0 Å². The van der Waals surface area contributed by atoms with Crippen molar-refractivity contribution in [2.75, 3.05) is 7.11 Å². The van der Waals surface area contributed by atoms with E-state index < -0.39 is 10.8 Å². The fraction of sp³-hybridized carbons (Fsp3) is 0.0667. The SMILES string of the molecule is COc1cc(O)ccc1/C=N/NC(=O)c1ccc([N+](=O)[O-])cc1. The van der Waals surface area contributed by atoms with Crippen molar-refractivity contribution in [3.8, 4) is 11.5 Å². The maximum Gasteiger partial charge on any atom is 0.271 e. The van der Waals surface area contributed by atoms with E-state index in [1.165, 1.54) is 49.7 Å². The van der Waals surface area contributed by atoms with Crippen LogP contribution in [0, 0.1) is 10.1 Å². The Kier molecular flexibility index (Phi) is 4.88. The molecule has 0 atom stereocenters. The Labute approximate surface area is 131 Å². The number of benzene rings is 2. The number of hydrazone groups is 1. The fourth-order valence-electron chi connectivity index (χ4n) is 1.77. The highest BCUT2D eigenvalue weighted by Crippen LogP contribution is 2.22. The zero-order chi connectivity index (χ0) is 16.8. The van der Waals surface area contributed by atoms with Gasteiger partial charge in [-0.3, -0.25) is 14.9 Å². The van der Waals surface area contributed by atoms with E-state index >= 15 is 0 Å². The Morgan fingerprint density at radius 1 is 1.30 bits per heavy atom. The van der Waals surface area contributed by atoms with Crippen molar-refractivity contribution < 1.29 is 19.6 Å². The second-order valence-electron chi connectivity index (χ2n) is 4.43. The highest BCUT2D eigenvalue weighted by atomic mass is 16.6. The molecule has 2 rings (SSSR count). The first-order chi connectivity index (χ1) is 11.0. The van der Waals surface area contributed by atoms with Gasteiger partial charge in [0.05, 0.1) is 18.2 Å². The Balaban J connectivity index is 2.05. The molecule has 2 aromatic carbocycles. The van der Waals surface area contributed by atoms with Crippen molar-refractivity contribution >= 4 is 17.8 Å². The third-order valence-electron chi connectivity index (χ3n) is 2.93. The van der Waals surface area contributed by atoms with Crippen LogP contribution < -0.4 is 10.2 Å². The minimum absolute atomic E-state index is 0.0499. The van der Waals surface area contributed by atoms with Gasteiger partial charge in [-0.2, -0.15) is 5.10 Å². The topological polar surface area (TPSA) is 114 Å². The van der Waals surface area contributed by atoms with Crippen LogP contribution in [0.4, 0.5) is 5.69 Å². The van der Waals surface area contributed by atoms with Crippen molar-refractivity contribution in [1.29, 1.82) is 0 Å². The number of phenols is 1. The molecular formula is C15H13N3O5. The third kappa shape index (κ3) is 4.03. The van der Waals surface area contributed by atoms with E-state index in [1.54, 1.807) is 6.07 Å². The molecule has 2 N–H and O–H groups in total. The maximum absolute atomic E-state index is 11.9. The van der Waals surface area contributed by atoms with E-state index in [0.29, 0.717) is 11.3 Å². The monoisotopic (exact) mass is 315 g/mol. The number of rotatable bonds is 5. The summed E-state index contributed by atoms with van der Waals surface area (Å²) < 4.78 is 5.08. The summed E-state index contributed by atoms with van der Waals surface area (Å²) in [4.78, 5) is 21.9. The smallest absolute Gasteiger partial charge is 0.271 e. The first-order valence-corrected chi connectivity index (χ1v) is 6.46. The van der Waals surface area contributed by atoms with Crippen LogP contribution in [-0.2, 0) is 0 Å². The van der Waals surface area contributed by atoms with Crippen LogP contribution in [0.3, 0.4) is 0 Å².